The zero-order valence-electron chi connectivity index (χ0n) is 14.5. The topological polar surface area (TPSA) is 119 Å². The lowest BCUT2D eigenvalue weighted by atomic mass is 9.98. The van der Waals surface area contributed by atoms with Crippen molar-refractivity contribution < 1.29 is 63.1 Å². The van der Waals surface area contributed by atoms with Crippen LogP contribution in [0, 0.1) is 0 Å². The summed E-state index contributed by atoms with van der Waals surface area (Å²) < 4.78 is 123. The van der Waals surface area contributed by atoms with E-state index in [1.54, 1.807) is 0 Å². The molecule has 1 saturated carbocycles. The molecule has 8 nitrogen and oxygen atoms in total. The molecule has 0 aliphatic heterocycles. The second-order valence-electron chi connectivity index (χ2n) is 5.95. The number of rotatable bonds is 8. The minimum atomic E-state index is -6.53. The first-order valence-corrected chi connectivity index (χ1v) is 9.27. The standard InChI is InChI=1S/C14H16F6O8S/c1-8(15)10(21)28-13(14(18,19)20,26-7-12(16,17)29(23,24)25)11(22)27-9-5-3-2-4-6-9/h9H,1-7H2,(H,23,24,25)/p-1. The van der Waals surface area contributed by atoms with E-state index in [1.807, 2.05) is 0 Å². The van der Waals surface area contributed by atoms with Gasteiger partial charge >= 0.3 is 29.2 Å². The summed E-state index contributed by atoms with van der Waals surface area (Å²) in [5, 5.41) is -5.45. The highest BCUT2D eigenvalue weighted by Gasteiger charge is 2.69. The molecule has 1 unspecified atom stereocenters. The van der Waals surface area contributed by atoms with Gasteiger partial charge in [-0.25, -0.2) is 18.0 Å². The van der Waals surface area contributed by atoms with Crippen LogP contribution in [-0.2, 0) is 33.9 Å². The molecule has 0 radical (unpaired) electrons. The maximum absolute atomic E-state index is 13.5. The highest BCUT2D eigenvalue weighted by atomic mass is 32.2. The van der Waals surface area contributed by atoms with Crippen molar-refractivity contribution in [3.8, 4) is 0 Å². The van der Waals surface area contributed by atoms with Gasteiger partial charge in [0.15, 0.2) is 10.1 Å². The first-order valence-electron chi connectivity index (χ1n) is 7.86. The summed E-state index contributed by atoms with van der Waals surface area (Å²) in [6, 6.07) is 0. The van der Waals surface area contributed by atoms with Gasteiger partial charge in [0.2, 0.25) is 5.83 Å². The number of esters is 2. The molecule has 1 fully saturated rings. The van der Waals surface area contributed by atoms with Crippen LogP contribution in [0.15, 0.2) is 12.4 Å². The van der Waals surface area contributed by atoms with Gasteiger partial charge in [-0.15, -0.1) is 0 Å². The summed E-state index contributed by atoms with van der Waals surface area (Å²) in [5.41, 5.74) is 0. The highest BCUT2D eigenvalue weighted by molar-refractivity contribution is 7.86. The van der Waals surface area contributed by atoms with Gasteiger partial charge in [-0.1, -0.05) is 13.0 Å². The van der Waals surface area contributed by atoms with Gasteiger partial charge in [-0.2, -0.15) is 26.3 Å². The van der Waals surface area contributed by atoms with Crippen LogP contribution in [0.3, 0.4) is 0 Å². The minimum Gasteiger partial charge on any atom is -0.743 e. The third kappa shape index (κ3) is 6.05. The molecule has 0 saturated heterocycles. The van der Waals surface area contributed by atoms with Crippen LogP contribution in [0.1, 0.15) is 32.1 Å². The number of hydrogen-bond acceptors (Lipinski definition) is 8. The van der Waals surface area contributed by atoms with E-state index < -0.39 is 57.8 Å². The normalized spacial score (nSPS) is 18.6. The van der Waals surface area contributed by atoms with Crippen LogP contribution < -0.4 is 0 Å². The lowest BCUT2D eigenvalue weighted by Crippen LogP contribution is -2.60. The minimum absolute atomic E-state index is 0.0918. The van der Waals surface area contributed by atoms with E-state index in [0.29, 0.717) is 19.3 Å². The molecule has 0 aromatic rings. The van der Waals surface area contributed by atoms with Crippen LogP contribution in [0.25, 0.3) is 0 Å². The molecule has 1 atom stereocenters. The number of hydrogen-bond donors (Lipinski definition) is 0. The Balaban J connectivity index is 3.31. The van der Waals surface area contributed by atoms with Gasteiger partial charge in [-0.3, -0.25) is 0 Å². The largest absolute Gasteiger partial charge is 0.743 e. The molecule has 29 heavy (non-hydrogen) atoms. The van der Waals surface area contributed by atoms with E-state index in [1.165, 1.54) is 0 Å². The first kappa shape index (κ1) is 25.2. The van der Waals surface area contributed by atoms with E-state index in [2.05, 4.69) is 20.8 Å². The van der Waals surface area contributed by atoms with Crippen molar-refractivity contribution in [3.63, 3.8) is 0 Å². The number of carbonyl (C=O) groups excluding carboxylic acids is 2. The van der Waals surface area contributed by atoms with Crippen LogP contribution >= 0.6 is 0 Å². The van der Waals surface area contributed by atoms with Gasteiger partial charge < -0.3 is 18.8 Å². The van der Waals surface area contributed by atoms with Gasteiger partial charge in [0.05, 0.1) is 0 Å². The Morgan fingerprint density at radius 3 is 2.00 bits per heavy atom. The molecule has 1 aliphatic carbocycles. The second-order valence-corrected chi connectivity index (χ2v) is 7.46. The van der Waals surface area contributed by atoms with Crippen molar-refractivity contribution in [2.75, 3.05) is 6.61 Å². The van der Waals surface area contributed by atoms with E-state index >= 15 is 0 Å². The number of carbonyl (C=O) groups is 2. The Morgan fingerprint density at radius 2 is 1.59 bits per heavy atom. The average Bonchev–Trinajstić information content (AvgIpc) is 2.56. The van der Waals surface area contributed by atoms with Crippen molar-refractivity contribution in [3.05, 3.63) is 12.4 Å². The Kier molecular flexibility index (Phi) is 7.70. The van der Waals surface area contributed by atoms with E-state index in [9.17, 15) is 48.9 Å². The molecule has 0 amide bonds. The molecule has 0 spiro atoms. The zero-order valence-corrected chi connectivity index (χ0v) is 15.3. The fourth-order valence-corrected chi connectivity index (χ4v) is 2.44. The van der Waals surface area contributed by atoms with Gasteiger partial charge in [0.1, 0.15) is 12.7 Å². The average molecular weight is 457 g/mol. The van der Waals surface area contributed by atoms with Crippen molar-refractivity contribution in [2.24, 2.45) is 0 Å². The SMILES string of the molecule is C=C(F)C(=O)OC(OCC(F)(F)S(=O)(=O)[O-])(C(=O)OC1CCCCC1)C(F)(F)F. The molecule has 1 aliphatic rings. The van der Waals surface area contributed by atoms with Crippen LogP contribution in [0.2, 0.25) is 0 Å². The smallest absolute Gasteiger partial charge is 0.468 e. The van der Waals surface area contributed by atoms with Crippen LogP contribution in [0.5, 0.6) is 0 Å². The number of halogens is 6. The Hall–Kier alpha value is -1.87. The lowest BCUT2D eigenvalue weighted by molar-refractivity contribution is -0.361. The zero-order chi connectivity index (χ0) is 22.7. The molecule has 0 aromatic carbocycles. The Bertz CT molecular complexity index is 744. The highest BCUT2D eigenvalue weighted by Crippen LogP contribution is 2.39. The summed E-state index contributed by atoms with van der Waals surface area (Å²) in [6.45, 7) is -0.509. The molecule has 1 rings (SSSR count). The number of alkyl halides is 5. The molecule has 168 valence electrons. The fourth-order valence-electron chi connectivity index (χ4n) is 2.24. The molecule has 0 heterocycles. The summed E-state index contributed by atoms with van der Waals surface area (Å²) in [4.78, 5) is 23.4. The first-order chi connectivity index (χ1) is 13.0. The van der Waals surface area contributed by atoms with Crippen molar-refractivity contribution >= 4 is 22.1 Å². The summed E-state index contributed by atoms with van der Waals surface area (Å²) in [7, 11) is -6.53. The van der Waals surface area contributed by atoms with Crippen molar-refractivity contribution in [2.45, 2.75) is 55.4 Å². The van der Waals surface area contributed by atoms with Gasteiger partial charge in [0.25, 0.3) is 0 Å². The van der Waals surface area contributed by atoms with Crippen molar-refractivity contribution in [1.82, 2.24) is 0 Å². The monoisotopic (exact) mass is 457 g/mol. The quantitative estimate of drug-likeness (QED) is 0.179. The third-order valence-corrected chi connectivity index (χ3v) is 4.58. The number of ether oxygens (including phenoxy) is 3. The second kappa shape index (κ2) is 8.87. The lowest BCUT2D eigenvalue weighted by Gasteiger charge is -2.35. The van der Waals surface area contributed by atoms with Gasteiger partial charge in [0, 0.05) is 0 Å². The fraction of sp³-hybridized carbons (Fsp3) is 0.714. The maximum Gasteiger partial charge on any atom is 0.468 e. The molecule has 0 bridgehead atoms. The Morgan fingerprint density at radius 1 is 1.07 bits per heavy atom. The third-order valence-electron chi connectivity index (χ3n) is 3.73. The summed E-state index contributed by atoms with van der Waals surface area (Å²) >= 11 is 0. The van der Waals surface area contributed by atoms with Crippen molar-refractivity contribution in [1.29, 1.82) is 0 Å². The molecule has 0 N–H and O–H groups in total. The van der Waals surface area contributed by atoms with Gasteiger partial charge in [-0.05, 0) is 25.7 Å². The molecule has 15 heteroatoms. The van der Waals surface area contributed by atoms with E-state index in [4.69, 9.17) is 0 Å². The Labute approximate surface area is 160 Å². The van der Waals surface area contributed by atoms with Crippen LogP contribution in [0.4, 0.5) is 26.3 Å². The predicted molar refractivity (Wildman–Crippen MR) is 78.7 cm³/mol. The predicted octanol–water partition coefficient (Wildman–Crippen LogP) is 2.30. The summed E-state index contributed by atoms with van der Waals surface area (Å²) in [6.07, 6.45) is -5.50. The molecule has 0 aromatic heterocycles. The van der Waals surface area contributed by atoms with E-state index in [0.717, 1.165) is 0 Å². The molecular formula is C14H15F6O8S-. The van der Waals surface area contributed by atoms with Crippen LogP contribution in [-0.4, -0.2) is 54.8 Å². The maximum atomic E-state index is 13.5. The van der Waals surface area contributed by atoms with E-state index in [-0.39, 0.29) is 12.8 Å². The summed E-state index contributed by atoms with van der Waals surface area (Å²) in [5.74, 6) is -12.2. The molecular weight excluding hydrogens is 442 g/mol.